The van der Waals surface area contributed by atoms with Gasteiger partial charge in [-0.1, -0.05) is 184 Å². The number of aliphatic hydroxyl groups is 7. The van der Waals surface area contributed by atoms with Crippen LogP contribution in [0.15, 0.2) is 48.6 Å². The average Bonchev–Trinajstić information content (AvgIpc) is 3.32. The smallest absolute Gasteiger partial charge is 0.249 e. The Labute approximate surface area is 402 Å². The predicted molar refractivity (Wildman–Crippen MR) is 270 cm³/mol. The lowest BCUT2D eigenvalue weighted by Crippen LogP contribution is -2.60. The molecule has 1 aliphatic rings. The molecule has 0 saturated carbocycles. The first-order valence-corrected chi connectivity index (χ1v) is 27.0. The number of carbonyl (C=O) groups excluding carboxylic acids is 1. The summed E-state index contributed by atoms with van der Waals surface area (Å²) in [5.74, 6) is -0.730. The highest BCUT2D eigenvalue weighted by atomic mass is 16.7. The maximum atomic E-state index is 13.1. The van der Waals surface area contributed by atoms with E-state index in [0.29, 0.717) is 19.3 Å². The van der Waals surface area contributed by atoms with Crippen LogP contribution in [0.1, 0.15) is 226 Å². The number of amides is 1. The first-order chi connectivity index (χ1) is 32.2. The number of ether oxygens (including phenoxy) is 2. The van der Waals surface area contributed by atoms with Crippen molar-refractivity contribution in [1.29, 1.82) is 0 Å². The third-order valence-corrected chi connectivity index (χ3v) is 12.8. The van der Waals surface area contributed by atoms with E-state index >= 15 is 0 Å². The summed E-state index contributed by atoms with van der Waals surface area (Å²) in [7, 11) is 0. The molecule has 0 bridgehead atoms. The summed E-state index contributed by atoms with van der Waals surface area (Å²) in [5, 5.41) is 75.8. The van der Waals surface area contributed by atoms with Crippen LogP contribution in [-0.2, 0) is 14.3 Å². The molecular weight excluding hydrogens is 835 g/mol. The molecule has 11 heteroatoms. The molecule has 0 aliphatic carbocycles. The Morgan fingerprint density at radius 2 is 0.909 bits per heavy atom. The zero-order valence-corrected chi connectivity index (χ0v) is 41.9. The zero-order chi connectivity index (χ0) is 48.3. The number of nitrogens with one attached hydrogen (secondary N) is 1. The van der Waals surface area contributed by atoms with E-state index in [4.69, 9.17) is 9.47 Å². The van der Waals surface area contributed by atoms with Crippen LogP contribution < -0.4 is 5.32 Å². The van der Waals surface area contributed by atoms with Gasteiger partial charge in [-0.05, 0) is 89.9 Å². The van der Waals surface area contributed by atoms with Gasteiger partial charge in [-0.15, -0.1) is 0 Å². The molecule has 0 spiro atoms. The molecule has 8 N–H and O–H groups in total. The lowest BCUT2D eigenvalue weighted by Gasteiger charge is -2.40. The van der Waals surface area contributed by atoms with Crippen molar-refractivity contribution in [3.05, 3.63) is 48.6 Å². The maximum absolute atomic E-state index is 13.1. The highest BCUT2D eigenvalue weighted by Crippen LogP contribution is 2.23. The number of aliphatic hydroxyl groups excluding tert-OH is 7. The Bertz CT molecular complexity index is 1210. The normalized spacial score (nSPS) is 21.1. The molecule has 1 fully saturated rings. The molecule has 0 aromatic rings. The molecule has 1 saturated heterocycles. The molecule has 1 amide bonds. The van der Waals surface area contributed by atoms with Gasteiger partial charge < -0.3 is 50.5 Å². The van der Waals surface area contributed by atoms with Gasteiger partial charge in [0.1, 0.15) is 36.6 Å². The van der Waals surface area contributed by atoms with Crippen LogP contribution in [0.4, 0.5) is 0 Å². The van der Waals surface area contributed by atoms with Crippen LogP contribution in [0.5, 0.6) is 0 Å². The van der Waals surface area contributed by atoms with Crippen molar-refractivity contribution >= 4 is 5.91 Å². The van der Waals surface area contributed by atoms with Crippen LogP contribution in [0.2, 0.25) is 0 Å². The SMILES string of the molecule is CCCCCCCC/C=C\CCCCC(O)C(=O)NC(COC1OC(CO)C(O)C(O)C1O)C(O)C(O)CCC/C=C/CC/C=C/CC/C=C/CCCCCCCCCCCCCCCC. The van der Waals surface area contributed by atoms with E-state index in [1.54, 1.807) is 0 Å². The van der Waals surface area contributed by atoms with Crippen LogP contribution in [-0.4, -0.2) is 110 Å². The topological polar surface area (TPSA) is 189 Å². The van der Waals surface area contributed by atoms with Crippen molar-refractivity contribution in [2.45, 2.75) is 281 Å². The van der Waals surface area contributed by atoms with E-state index in [1.165, 1.54) is 135 Å². The number of hydrogen-bond acceptors (Lipinski definition) is 10. The minimum Gasteiger partial charge on any atom is -0.394 e. The fourth-order valence-electron chi connectivity index (χ4n) is 8.35. The number of allylic oxidation sites excluding steroid dienone is 8. The Hall–Kier alpha value is -1.93. The van der Waals surface area contributed by atoms with E-state index < -0.39 is 74.2 Å². The summed E-state index contributed by atoms with van der Waals surface area (Å²) in [6.07, 6.45) is 43.3. The van der Waals surface area contributed by atoms with Gasteiger partial charge in [0.25, 0.3) is 0 Å². The highest BCUT2D eigenvalue weighted by molar-refractivity contribution is 5.80. The minimum absolute atomic E-state index is 0.217. The maximum Gasteiger partial charge on any atom is 0.249 e. The van der Waals surface area contributed by atoms with Crippen molar-refractivity contribution in [3.8, 4) is 0 Å². The first kappa shape index (κ1) is 62.1. The second-order valence-corrected chi connectivity index (χ2v) is 18.9. The van der Waals surface area contributed by atoms with Crippen molar-refractivity contribution in [1.82, 2.24) is 5.32 Å². The Kier molecular flexibility index (Phi) is 41.7. The van der Waals surface area contributed by atoms with Gasteiger partial charge in [0.2, 0.25) is 5.91 Å². The summed E-state index contributed by atoms with van der Waals surface area (Å²) in [6, 6.07) is -1.20. The number of unbranched alkanes of at least 4 members (excludes halogenated alkanes) is 25. The van der Waals surface area contributed by atoms with Gasteiger partial charge in [0.05, 0.1) is 25.4 Å². The molecule has 1 rings (SSSR count). The lowest BCUT2D eigenvalue weighted by atomic mass is 9.98. The third-order valence-electron chi connectivity index (χ3n) is 12.8. The van der Waals surface area contributed by atoms with Gasteiger partial charge in [0, 0.05) is 0 Å². The van der Waals surface area contributed by atoms with E-state index in [0.717, 1.165) is 44.9 Å². The molecule has 0 radical (unpaired) electrons. The molecule has 66 heavy (non-hydrogen) atoms. The van der Waals surface area contributed by atoms with Crippen LogP contribution in [0.25, 0.3) is 0 Å². The first-order valence-electron chi connectivity index (χ1n) is 27.0. The summed E-state index contributed by atoms with van der Waals surface area (Å²) >= 11 is 0. The Morgan fingerprint density at radius 1 is 0.515 bits per heavy atom. The fourth-order valence-corrected chi connectivity index (χ4v) is 8.35. The van der Waals surface area contributed by atoms with Crippen LogP contribution in [0.3, 0.4) is 0 Å². The second kappa shape index (κ2) is 44.3. The van der Waals surface area contributed by atoms with Gasteiger partial charge in [-0.3, -0.25) is 4.79 Å². The molecule has 386 valence electrons. The van der Waals surface area contributed by atoms with Crippen molar-refractivity contribution in [2.75, 3.05) is 13.2 Å². The largest absolute Gasteiger partial charge is 0.394 e. The average molecular weight is 936 g/mol. The summed E-state index contributed by atoms with van der Waals surface area (Å²) < 4.78 is 11.1. The standard InChI is InChI=1S/C55H101NO10/c1-3-5-7-9-11-13-15-17-18-19-20-21-22-23-24-25-26-27-28-29-30-31-33-34-36-38-40-42-47(58)50(60)46(45-65-55-53(63)52(62)51(61)49(44-57)66-55)56-54(64)48(59)43-41-39-37-35-32-16-14-12-10-8-6-4-2/h25-26,29-30,32,34-36,46-53,55,57-63H,3-24,27-28,31,33,37-45H2,1-2H3,(H,56,64)/b26-25+,30-29+,35-32-,36-34+. The summed E-state index contributed by atoms with van der Waals surface area (Å²) in [5.41, 5.74) is 0. The van der Waals surface area contributed by atoms with Crippen molar-refractivity contribution < 1.29 is 50.0 Å². The Morgan fingerprint density at radius 3 is 1.35 bits per heavy atom. The summed E-state index contributed by atoms with van der Waals surface area (Å²) in [4.78, 5) is 13.1. The molecule has 0 aromatic heterocycles. The van der Waals surface area contributed by atoms with Gasteiger partial charge >= 0.3 is 0 Å². The molecule has 11 nitrogen and oxygen atoms in total. The second-order valence-electron chi connectivity index (χ2n) is 18.9. The molecule has 9 unspecified atom stereocenters. The number of carbonyl (C=O) groups is 1. The molecule has 9 atom stereocenters. The predicted octanol–water partition coefficient (Wildman–Crippen LogP) is 10.5. The monoisotopic (exact) mass is 936 g/mol. The fraction of sp³-hybridized carbons (Fsp3) is 0.836. The van der Waals surface area contributed by atoms with Crippen LogP contribution in [0, 0.1) is 0 Å². The zero-order valence-electron chi connectivity index (χ0n) is 41.9. The lowest BCUT2D eigenvalue weighted by molar-refractivity contribution is -0.303. The quantitative estimate of drug-likeness (QED) is 0.0216. The molecule has 1 heterocycles. The van der Waals surface area contributed by atoms with E-state index in [2.05, 4.69) is 67.8 Å². The molecular formula is C55H101NO10. The van der Waals surface area contributed by atoms with Crippen molar-refractivity contribution in [3.63, 3.8) is 0 Å². The van der Waals surface area contributed by atoms with Gasteiger partial charge in [-0.25, -0.2) is 0 Å². The third kappa shape index (κ3) is 32.8. The van der Waals surface area contributed by atoms with E-state index in [1.807, 2.05) is 0 Å². The molecule has 1 aliphatic heterocycles. The summed E-state index contributed by atoms with van der Waals surface area (Å²) in [6.45, 7) is 3.40. The number of rotatable bonds is 45. The molecule has 0 aromatic carbocycles. The van der Waals surface area contributed by atoms with Gasteiger partial charge in [0.15, 0.2) is 6.29 Å². The number of hydrogen-bond donors (Lipinski definition) is 8. The van der Waals surface area contributed by atoms with Gasteiger partial charge in [-0.2, -0.15) is 0 Å². The Balaban J connectivity index is 2.36. The van der Waals surface area contributed by atoms with Crippen molar-refractivity contribution in [2.24, 2.45) is 0 Å². The minimum atomic E-state index is -1.68. The van der Waals surface area contributed by atoms with Crippen LogP contribution >= 0.6 is 0 Å². The highest BCUT2D eigenvalue weighted by Gasteiger charge is 2.44. The van der Waals surface area contributed by atoms with E-state index in [9.17, 15) is 40.5 Å². The van der Waals surface area contributed by atoms with E-state index in [-0.39, 0.29) is 12.8 Å².